The van der Waals surface area contributed by atoms with Crippen LogP contribution < -0.4 is 10.5 Å². The lowest BCUT2D eigenvalue weighted by Gasteiger charge is -2.02. The van der Waals surface area contributed by atoms with Crippen LogP contribution in [0.15, 0.2) is 35.9 Å². The molecule has 0 spiro atoms. The van der Waals surface area contributed by atoms with Crippen LogP contribution in [0.4, 0.5) is 0 Å². The van der Waals surface area contributed by atoms with Crippen molar-refractivity contribution in [3.05, 3.63) is 36.3 Å². The van der Waals surface area contributed by atoms with E-state index in [0.29, 0.717) is 17.2 Å². The van der Waals surface area contributed by atoms with Crippen molar-refractivity contribution in [2.45, 2.75) is 19.9 Å². The average Bonchev–Trinajstić information content (AvgIpc) is 2.86. The number of hydrogen-bond acceptors (Lipinski definition) is 5. The Kier molecular flexibility index (Phi) is 3.97. The highest BCUT2D eigenvalue weighted by Gasteiger charge is 2.04. The molecule has 0 bridgehead atoms. The van der Waals surface area contributed by atoms with E-state index < -0.39 is 0 Å². The van der Waals surface area contributed by atoms with Gasteiger partial charge < -0.3 is 15.7 Å². The first kappa shape index (κ1) is 12.9. The predicted molar refractivity (Wildman–Crippen MR) is 69.3 cm³/mol. The summed E-state index contributed by atoms with van der Waals surface area (Å²) in [6, 6.07) is 3.30. The first-order valence-electron chi connectivity index (χ1n) is 5.87. The fourth-order valence-corrected chi connectivity index (χ4v) is 1.52. The van der Waals surface area contributed by atoms with Gasteiger partial charge >= 0.3 is 0 Å². The number of oxime groups is 1. The van der Waals surface area contributed by atoms with Crippen molar-refractivity contribution in [2.75, 3.05) is 0 Å². The molecule has 100 valence electrons. The van der Waals surface area contributed by atoms with E-state index in [2.05, 4.69) is 22.2 Å². The number of nitrogens with zero attached hydrogens (tertiary/aromatic N) is 4. The highest BCUT2D eigenvalue weighted by atomic mass is 16.5. The van der Waals surface area contributed by atoms with Crippen LogP contribution in [-0.4, -0.2) is 25.8 Å². The Labute approximate surface area is 110 Å². The summed E-state index contributed by atoms with van der Waals surface area (Å²) < 4.78 is 7.34. The standard InChI is InChI=1S/C12H15N5O2/c1-2-5-17-8-10(7-15-17)19-11-4-3-9(6-14-11)12(13)16-18/h3-4,6-8,18H,2,5H2,1H3,(H2,13,16). The summed E-state index contributed by atoms with van der Waals surface area (Å²) in [6.45, 7) is 2.93. The lowest BCUT2D eigenvalue weighted by atomic mass is 10.3. The van der Waals surface area contributed by atoms with Crippen LogP contribution in [0.5, 0.6) is 11.6 Å². The molecule has 0 unspecified atom stereocenters. The summed E-state index contributed by atoms with van der Waals surface area (Å²) in [4.78, 5) is 4.07. The van der Waals surface area contributed by atoms with Crippen molar-refractivity contribution in [3.63, 3.8) is 0 Å². The van der Waals surface area contributed by atoms with E-state index >= 15 is 0 Å². The molecule has 0 fully saturated rings. The third kappa shape index (κ3) is 3.21. The van der Waals surface area contributed by atoms with Crippen LogP contribution in [0.25, 0.3) is 0 Å². The zero-order chi connectivity index (χ0) is 13.7. The van der Waals surface area contributed by atoms with Gasteiger partial charge in [0.1, 0.15) is 0 Å². The second-order valence-corrected chi connectivity index (χ2v) is 3.91. The minimum absolute atomic E-state index is 0.00909. The maximum Gasteiger partial charge on any atom is 0.219 e. The first-order chi connectivity index (χ1) is 9.22. The Morgan fingerprint density at radius 3 is 2.95 bits per heavy atom. The zero-order valence-corrected chi connectivity index (χ0v) is 10.5. The van der Waals surface area contributed by atoms with Gasteiger partial charge in [-0.25, -0.2) is 4.98 Å². The van der Waals surface area contributed by atoms with Gasteiger partial charge in [-0.15, -0.1) is 0 Å². The molecule has 19 heavy (non-hydrogen) atoms. The third-order valence-corrected chi connectivity index (χ3v) is 2.42. The van der Waals surface area contributed by atoms with E-state index in [1.54, 1.807) is 23.0 Å². The Morgan fingerprint density at radius 2 is 2.32 bits per heavy atom. The van der Waals surface area contributed by atoms with Crippen molar-refractivity contribution >= 4 is 5.84 Å². The molecule has 0 amide bonds. The van der Waals surface area contributed by atoms with Crippen LogP contribution in [0.3, 0.4) is 0 Å². The van der Waals surface area contributed by atoms with Crippen LogP contribution in [0.1, 0.15) is 18.9 Å². The molecule has 0 aromatic carbocycles. The summed E-state index contributed by atoms with van der Waals surface area (Å²) in [5.41, 5.74) is 5.96. The van der Waals surface area contributed by atoms with E-state index in [9.17, 15) is 0 Å². The summed E-state index contributed by atoms with van der Waals surface area (Å²) >= 11 is 0. The van der Waals surface area contributed by atoms with E-state index in [-0.39, 0.29) is 5.84 Å². The van der Waals surface area contributed by atoms with Gasteiger partial charge in [0.15, 0.2) is 11.6 Å². The van der Waals surface area contributed by atoms with Crippen molar-refractivity contribution in [3.8, 4) is 11.6 Å². The summed E-state index contributed by atoms with van der Waals surface area (Å²) in [6.07, 6.45) is 5.92. The molecule has 7 heteroatoms. The number of pyridine rings is 1. The Morgan fingerprint density at radius 1 is 1.47 bits per heavy atom. The molecule has 0 saturated heterocycles. The topological polar surface area (TPSA) is 98.5 Å². The monoisotopic (exact) mass is 261 g/mol. The Balaban J connectivity index is 2.06. The molecule has 2 aromatic rings. The van der Waals surface area contributed by atoms with Crippen molar-refractivity contribution in [2.24, 2.45) is 10.9 Å². The van der Waals surface area contributed by atoms with Crippen LogP contribution in [-0.2, 0) is 6.54 Å². The van der Waals surface area contributed by atoms with Gasteiger partial charge in [0.2, 0.25) is 5.88 Å². The van der Waals surface area contributed by atoms with Crippen molar-refractivity contribution in [1.82, 2.24) is 14.8 Å². The van der Waals surface area contributed by atoms with Crippen LogP contribution >= 0.6 is 0 Å². The Bertz CT molecular complexity index is 562. The van der Waals surface area contributed by atoms with E-state index in [1.807, 2.05) is 6.20 Å². The largest absolute Gasteiger partial charge is 0.436 e. The van der Waals surface area contributed by atoms with Gasteiger partial charge in [0.25, 0.3) is 0 Å². The normalized spacial score (nSPS) is 11.5. The molecule has 0 atom stereocenters. The number of hydrogen-bond donors (Lipinski definition) is 2. The molecule has 3 N–H and O–H groups in total. The lowest BCUT2D eigenvalue weighted by Crippen LogP contribution is -2.13. The van der Waals surface area contributed by atoms with E-state index in [1.165, 1.54) is 6.20 Å². The van der Waals surface area contributed by atoms with Crippen molar-refractivity contribution < 1.29 is 9.94 Å². The summed E-state index contributed by atoms with van der Waals surface area (Å²) in [5.74, 6) is 1.05. The maximum absolute atomic E-state index is 8.54. The molecule has 0 aliphatic rings. The second kappa shape index (κ2) is 5.85. The number of rotatable bonds is 5. The molecule has 2 aromatic heterocycles. The molecule has 0 aliphatic carbocycles. The summed E-state index contributed by atoms with van der Waals surface area (Å²) in [5, 5.41) is 15.6. The number of aromatic nitrogens is 3. The van der Waals surface area contributed by atoms with Gasteiger partial charge in [-0.1, -0.05) is 12.1 Å². The van der Waals surface area contributed by atoms with Gasteiger partial charge in [-0.2, -0.15) is 5.10 Å². The number of ether oxygens (including phenoxy) is 1. The van der Waals surface area contributed by atoms with E-state index in [4.69, 9.17) is 15.7 Å². The maximum atomic E-state index is 8.54. The number of aryl methyl sites for hydroxylation is 1. The van der Waals surface area contributed by atoms with E-state index in [0.717, 1.165) is 13.0 Å². The van der Waals surface area contributed by atoms with Crippen molar-refractivity contribution in [1.29, 1.82) is 0 Å². The van der Waals surface area contributed by atoms with Gasteiger partial charge in [-0.05, 0) is 12.5 Å². The quantitative estimate of drug-likeness (QED) is 0.368. The van der Waals surface area contributed by atoms with Crippen LogP contribution in [0.2, 0.25) is 0 Å². The molecular formula is C12H15N5O2. The SMILES string of the molecule is CCCn1cc(Oc2ccc(/C(N)=N/O)cn2)cn1. The second-order valence-electron chi connectivity index (χ2n) is 3.91. The first-order valence-corrected chi connectivity index (χ1v) is 5.87. The lowest BCUT2D eigenvalue weighted by molar-refractivity contribution is 0.318. The fourth-order valence-electron chi connectivity index (χ4n) is 1.52. The minimum atomic E-state index is 0.00909. The molecule has 0 radical (unpaired) electrons. The highest BCUT2D eigenvalue weighted by Crippen LogP contribution is 2.18. The highest BCUT2D eigenvalue weighted by molar-refractivity contribution is 5.96. The van der Waals surface area contributed by atoms with Gasteiger partial charge in [0.05, 0.1) is 12.4 Å². The minimum Gasteiger partial charge on any atom is -0.436 e. The zero-order valence-electron chi connectivity index (χ0n) is 10.5. The van der Waals surface area contributed by atoms with Crippen LogP contribution in [0, 0.1) is 0 Å². The molecule has 7 nitrogen and oxygen atoms in total. The van der Waals surface area contributed by atoms with Gasteiger partial charge in [-0.3, -0.25) is 4.68 Å². The number of nitrogens with two attached hydrogens (primary N) is 1. The molecule has 2 rings (SSSR count). The molecule has 0 saturated carbocycles. The Hall–Kier alpha value is -2.57. The molecule has 2 heterocycles. The van der Waals surface area contributed by atoms with Gasteiger partial charge in [0, 0.05) is 24.4 Å². The summed E-state index contributed by atoms with van der Waals surface area (Å²) in [7, 11) is 0. The fraction of sp³-hybridized carbons (Fsp3) is 0.250. The predicted octanol–water partition coefficient (Wildman–Crippen LogP) is 1.57. The molecule has 0 aliphatic heterocycles. The third-order valence-electron chi connectivity index (χ3n) is 2.42. The number of amidine groups is 1. The molecular weight excluding hydrogens is 246 g/mol. The smallest absolute Gasteiger partial charge is 0.219 e. The average molecular weight is 261 g/mol.